The number of nitrogens with zero attached hydrogens (tertiary/aromatic N) is 1. The second-order valence-electron chi connectivity index (χ2n) is 7.93. The van der Waals surface area contributed by atoms with E-state index in [-0.39, 0.29) is 5.41 Å². The van der Waals surface area contributed by atoms with Gasteiger partial charge in [0.25, 0.3) is 0 Å². The maximum Gasteiger partial charge on any atom is 0.00169 e. The van der Waals surface area contributed by atoms with E-state index >= 15 is 0 Å². The fourth-order valence-corrected chi connectivity index (χ4v) is 1.64. The van der Waals surface area contributed by atoms with Gasteiger partial charge < -0.3 is 21.3 Å². The Morgan fingerprint density at radius 2 is 1.50 bits per heavy atom. The maximum atomic E-state index is 5.55. The lowest BCUT2D eigenvalue weighted by Crippen LogP contribution is -2.38. The summed E-state index contributed by atoms with van der Waals surface area (Å²) in [6, 6.07) is 0.561. The summed E-state index contributed by atoms with van der Waals surface area (Å²) in [5.74, 6) is 0. The molecule has 4 nitrogen and oxygen atoms in total. The first-order valence-corrected chi connectivity index (χ1v) is 9.89. The molecular formula is C20H50N4. The van der Waals surface area contributed by atoms with Crippen molar-refractivity contribution in [3.05, 3.63) is 0 Å². The Morgan fingerprint density at radius 3 is 1.88 bits per heavy atom. The predicted octanol–water partition coefficient (Wildman–Crippen LogP) is 3.71. The number of unbranched alkanes of at least 4 members (excludes halogenated alkanes) is 3. The monoisotopic (exact) mass is 346 g/mol. The molecule has 4 N–H and O–H groups in total. The number of nitrogens with one attached hydrogen (secondary N) is 2. The van der Waals surface area contributed by atoms with Gasteiger partial charge in [0.15, 0.2) is 0 Å². The molecule has 24 heavy (non-hydrogen) atoms. The van der Waals surface area contributed by atoms with E-state index in [9.17, 15) is 0 Å². The molecule has 0 atom stereocenters. The average Bonchev–Trinajstić information content (AvgIpc) is 2.50. The van der Waals surface area contributed by atoms with Crippen molar-refractivity contribution in [1.82, 2.24) is 15.5 Å². The van der Waals surface area contributed by atoms with Gasteiger partial charge in [0.05, 0.1) is 0 Å². The van der Waals surface area contributed by atoms with Crippen LogP contribution in [0.25, 0.3) is 0 Å². The first kappa shape index (κ1) is 28.6. The van der Waals surface area contributed by atoms with Gasteiger partial charge in [0.1, 0.15) is 0 Å². The van der Waals surface area contributed by atoms with Crippen LogP contribution in [0, 0.1) is 5.41 Å². The summed E-state index contributed by atoms with van der Waals surface area (Å²) < 4.78 is 0. The Kier molecular flexibility index (Phi) is 24.9. The average molecular weight is 347 g/mol. The molecule has 0 radical (unpaired) electrons. The maximum absolute atomic E-state index is 5.55. The summed E-state index contributed by atoms with van der Waals surface area (Å²) in [5, 5.41) is 6.51. The molecule has 4 heteroatoms. The molecule has 0 aliphatic heterocycles. The molecule has 0 aliphatic carbocycles. The Balaban J connectivity index is -0.000000317. The highest BCUT2D eigenvalue weighted by Crippen LogP contribution is 2.10. The molecule has 0 saturated heterocycles. The van der Waals surface area contributed by atoms with Gasteiger partial charge in [-0.15, -0.1) is 0 Å². The van der Waals surface area contributed by atoms with Crippen molar-refractivity contribution < 1.29 is 0 Å². The quantitative estimate of drug-likeness (QED) is 0.499. The van der Waals surface area contributed by atoms with E-state index in [2.05, 4.69) is 71.2 Å². The van der Waals surface area contributed by atoms with Gasteiger partial charge in [-0.05, 0) is 59.0 Å². The van der Waals surface area contributed by atoms with Crippen LogP contribution in [0.15, 0.2) is 0 Å². The standard InChI is InChI=1S/C9H22N2.C8H20N2.C3H8/c1-10-8-6-4-5-7-9-11(2)3;1-7(2)10-6-8(3,4)5-9;1-3-2/h10H,4-9H2,1-3H3;7,10H,5-6,9H2,1-4H3;3H2,1-2H3. The lowest BCUT2D eigenvalue weighted by molar-refractivity contribution is 0.338. The minimum atomic E-state index is 0.240. The van der Waals surface area contributed by atoms with E-state index < -0.39 is 0 Å². The lowest BCUT2D eigenvalue weighted by atomic mass is 9.94. The van der Waals surface area contributed by atoms with Crippen LogP contribution in [0.3, 0.4) is 0 Å². The molecule has 0 aliphatic rings. The van der Waals surface area contributed by atoms with Gasteiger partial charge in [-0.3, -0.25) is 0 Å². The third kappa shape index (κ3) is 33.4. The van der Waals surface area contributed by atoms with Crippen LogP contribution in [0.4, 0.5) is 0 Å². The predicted molar refractivity (Wildman–Crippen MR) is 113 cm³/mol. The minimum absolute atomic E-state index is 0.240. The summed E-state index contributed by atoms with van der Waals surface area (Å²) >= 11 is 0. The fourth-order valence-electron chi connectivity index (χ4n) is 1.64. The van der Waals surface area contributed by atoms with Crippen LogP contribution in [0.5, 0.6) is 0 Å². The summed E-state index contributed by atoms with van der Waals surface area (Å²) in [6.45, 7) is 17.0. The van der Waals surface area contributed by atoms with Gasteiger partial charge in [-0.25, -0.2) is 0 Å². The molecule has 0 saturated carbocycles. The van der Waals surface area contributed by atoms with E-state index in [0.29, 0.717) is 6.04 Å². The van der Waals surface area contributed by atoms with E-state index in [1.54, 1.807) is 0 Å². The zero-order chi connectivity index (χ0) is 19.4. The van der Waals surface area contributed by atoms with Crippen LogP contribution >= 0.6 is 0 Å². The van der Waals surface area contributed by atoms with Crippen molar-refractivity contribution >= 4 is 0 Å². The number of hydrogen-bond acceptors (Lipinski definition) is 4. The molecule has 0 aromatic rings. The summed E-state index contributed by atoms with van der Waals surface area (Å²) in [5.41, 5.74) is 5.79. The van der Waals surface area contributed by atoms with Crippen molar-refractivity contribution in [1.29, 1.82) is 0 Å². The molecule has 0 unspecified atom stereocenters. The molecule has 0 heterocycles. The second-order valence-corrected chi connectivity index (χ2v) is 7.93. The van der Waals surface area contributed by atoms with Crippen LogP contribution in [-0.4, -0.2) is 58.3 Å². The first-order valence-electron chi connectivity index (χ1n) is 9.89. The summed E-state index contributed by atoms with van der Waals surface area (Å²) in [6.07, 6.45) is 6.66. The first-order chi connectivity index (χ1) is 11.2. The van der Waals surface area contributed by atoms with Crippen LogP contribution in [0.2, 0.25) is 0 Å². The van der Waals surface area contributed by atoms with Gasteiger partial charge >= 0.3 is 0 Å². The van der Waals surface area contributed by atoms with Crippen LogP contribution < -0.4 is 16.4 Å². The number of hydrogen-bond donors (Lipinski definition) is 3. The van der Waals surface area contributed by atoms with Crippen LogP contribution in [0.1, 0.15) is 73.6 Å². The molecule has 0 rings (SSSR count). The summed E-state index contributed by atoms with van der Waals surface area (Å²) in [4.78, 5) is 2.25. The van der Waals surface area contributed by atoms with Gasteiger partial charge in [0, 0.05) is 12.6 Å². The third-order valence-corrected chi connectivity index (χ3v) is 3.32. The molecule has 0 bridgehead atoms. The minimum Gasteiger partial charge on any atom is -0.330 e. The third-order valence-electron chi connectivity index (χ3n) is 3.32. The van der Waals surface area contributed by atoms with E-state index in [1.165, 1.54) is 45.2 Å². The van der Waals surface area contributed by atoms with Crippen molar-refractivity contribution in [2.75, 3.05) is 47.3 Å². The highest BCUT2D eigenvalue weighted by molar-refractivity contribution is 4.72. The Morgan fingerprint density at radius 1 is 1.00 bits per heavy atom. The Labute approximate surface area is 154 Å². The van der Waals surface area contributed by atoms with Gasteiger partial charge in [-0.2, -0.15) is 0 Å². The Bertz CT molecular complexity index is 216. The normalized spacial score (nSPS) is 11.0. The smallest absolute Gasteiger partial charge is 0.00169 e. The molecule has 0 amide bonds. The summed E-state index contributed by atoms with van der Waals surface area (Å²) in [7, 11) is 6.28. The molecule has 150 valence electrons. The largest absolute Gasteiger partial charge is 0.330 e. The van der Waals surface area contributed by atoms with E-state index in [1.807, 2.05) is 7.05 Å². The lowest BCUT2D eigenvalue weighted by Gasteiger charge is -2.24. The van der Waals surface area contributed by atoms with Crippen molar-refractivity contribution in [2.45, 2.75) is 79.7 Å². The van der Waals surface area contributed by atoms with E-state index in [4.69, 9.17) is 5.73 Å². The number of nitrogens with two attached hydrogens (primary N) is 1. The van der Waals surface area contributed by atoms with Gasteiger partial charge in [-0.1, -0.05) is 60.8 Å². The molecule has 0 aromatic carbocycles. The van der Waals surface area contributed by atoms with Crippen molar-refractivity contribution in [3.8, 4) is 0 Å². The zero-order valence-corrected chi connectivity index (χ0v) is 18.5. The fraction of sp³-hybridized carbons (Fsp3) is 1.00. The second kappa shape index (κ2) is 20.9. The molecule has 0 spiro atoms. The highest BCUT2D eigenvalue weighted by Gasteiger charge is 2.14. The van der Waals surface area contributed by atoms with E-state index in [0.717, 1.165) is 13.1 Å². The molecule has 0 aromatic heterocycles. The zero-order valence-electron chi connectivity index (χ0n) is 18.5. The molecular weight excluding hydrogens is 296 g/mol. The van der Waals surface area contributed by atoms with Gasteiger partial charge in [0.2, 0.25) is 0 Å². The number of rotatable bonds is 11. The highest BCUT2D eigenvalue weighted by atomic mass is 15.0. The van der Waals surface area contributed by atoms with Crippen molar-refractivity contribution in [3.63, 3.8) is 0 Å². The topological polar surface area (TPSA) is 53.3 Å². The van der Waals surface area contributed by atoms with Crippen molar-refractivity contribution in [2.24, 2.45) is 11.1 Å². The molecule has 0 fully saturated rings. The Hall–Kier alpha value is -0.160. The van der Waals surface area contributed by atoms with Crippen LogP contribution in [-0.2, 0) is 0 Å². The SMILES string of the molecule is CC(C)NCC(C)(C)CN.CCC.CNCCCCCCN(C)C.